The smallest absolute Gasteiger partial charge is 0.246 e. The summed E-state index contributed by atoms with van der Waals surface area (Å²) in [6.45, 7) is 4.06. The molecule has 0 aromatic carbocycles. The van der Waals surface area contributed by atoms with Crippen LogP contribution in [0.5, 0.6) is 0 Å². The minimum absolute atomic E-state index is 0.0375. The summed E-state index contributed by atoms with van der Waals surface area (Å²) in [5.74, 6) is 0.0375. The van der Waals surface area contributed by atoms with E-state index in [1.54, 1.807) is 7.05 Å². The van der Waals surface area contributed by atoms with Crippen molar-refractivity contribution in [1.29, 1.82) is 0 Å². The number of hydrogen-bond donors (Lipinski definition) is 1. The van der Waals surface area contributed by atoms with Crippen LogP contribution >= 0.6 is 0 Å². The number of carbonyl (C=O) groups is 1. The quantitative estimate of drug-likeness (QED) is 0.498. The molecule has 0 aromatic rings. The Kier molecular flexibility index (Phi) is 7.36. The van der Waals surface area contributed by atoms with Gasteiger partial charge in [-0.2, -0.15) is 0 Å². The second-order valence-corrected chi connectivity index (χ2v) is 3.32. The predicted molar refractivity (Wildman–Crippen MR) is 56.6 cm³/mol. The summed E-state index contributed by atoms with van der Waals surface area (Å²) in [6, 6.07) is 0. The van der Waals surface area contributed by atoms with Crippen molar-refractivity contribution < 1.29 is 4.79 Å². The molecular weight excluding hydrogens is 162 g/mol. The normalized spacial score (nSPS) is 11.5. The van der Waals surface area contributed by atoms with Gasteiger partial charge in [0, 0.05) is 12.6 Å². The molecule has 13 heavy (non-hydrogen) atoms. The molecule has 2 nitrogen and oxygen atoms in total. The second kappa shape index (κ2) is 7.84. The summed E-state index contributed by atoms with van der Waals surface area (Å²) in [5, 5.41) is 2.61. The van der Waals surface area contributed by atoms with Crippen molar-refractivity contribution in [2.75, 3.05) is 7.05 Å². The van der Waals surface area contributed by atoms with Crippen molar-refractivity contribution in [3.05, 3.63) is 11.6 Å². The molecule has 0 saturated carbocycles. The van der Waals surface area contributed by atoms with E-state index < -0.39 is 0 Å². The van der Waals surface area contributed by atoms with Crippen LogP contribution in [0.2, 0.25) is 0 Å². The van der Waals surface area contributed by atoms with Crippen molar-refractivity contribution in [2.45, 2.75) is 46.0 Å². The van der Waals surface area contributed by atoms with Gasteiger partial charge in [0.05, 0.1) is 0 Å². The molecule has 0 atom stereocenters. The molecule has 0 fully saturated rings. The van der Waals surface area contributed by atoms with E-state index in [2.05, 4.69) is 12.2 Å². The number of unbranched alkanes of at least 4 members (excludes halogenated alkanes) is 4. The number of nitrogens with one attached hydrogen (secondary N) is 1. The van der Waals surface area contributed by atoms with E-state index in [9.17, 15) is 4.79 Å². The van der Waals surface area contributed by atoms with Crippen molar-refractivity contribution in [2.24, 2.45) is 0 Å². The van der Waals surface area contributed by atoms with Crippen molar-refractivity contribution in [1.82, 2.24) is 5.32 Å². The van der Waals surface area contributed by atoms with E-state index >= 15 is 0 Å². The molecule has 0 bridgehead atoms. The Morgan fingerprint density at radius 1 is 1.31 bits per heavy atom. The fraction of sp³-hybridized carbons (Fsp3) is 0.727. The van der Waals surface area contributed by atoms with Crippen LogP contribution in [0.3, 0.4) is 0 Å². The second-order valence-electron chi connectivity index (χ2n) is 3.32. The van der Waals surface area contributed by atoms with Gasteiger partial charge in [-0.1, -0.05) is 32.3 Å². The van der Waals surface area contributed by atoms with Crippen LogP contribution in [-0.2, 0) is 4.79 Å². The average Bonchev–Trinajstić information content (AvgIpc) is 2.16. The Morgan fingerprint density at radius 2 is 2.00 bits per heavy atom. The van der Waals surface area contributed by atoms with Crippen LogP contribution in [0, 0.1) is 0 Å². The minimum Gasteiger partial charge on any atom is -0.355 e. The van der Waals surface area contributed by atoms with E-state index in [1.807, 2.05) is 13.0 Å². The van der Waals surface area contributed by atoms with Gasteiger partial charge in [-0.15, -0.1) is 0 Å². The zero-order valence-corrected chi connectivity index (χ0v) is 9.02. The third kappa shape index (κ3) is 6.38. The maximum Gasteiger partial charge on any atom is 0.246 e. The van der Waals surface area contributed by atoms with Gasteiger partial charge >= 0.3 is 0 Å². The molecule has 0 aliphatic heterocycles. The highest BCUT2D eigenvalue weighted by atomic mass is 16.1. The molecule has 0 unspecified atom stereocenters. The fourth-order valence-corrected chi connectivity index (χ4v) is 1.18. The van der Waals surface area contributed by atoms with Gasteiger partial charge in [0.15, 0.2) is 0 Å². The van der Waals surface area contributed by atoms with Gasteiger partial charge in [-0.25, -0.2) is 0 Å². The van der Waals surface area contributed by atoms with Gasteiger partial charge in [-0.05, 0) is 19.8 Å². The third-order valence-electron chi connectivity index (χ3n) is 2.09. The third-order valence-corrected chi connectivity index (χ3v) is 2.09. The number of hydrogen-bond acceptors (Lipinski definition) is 1. The molecule has 0 aromatic heterocycles. The van der Waals surface area contributed by atoms with Gasteiger partial charge in [-0.3, -0.25) is 4.79 Å². The summed E-state index contributed by atoms with van der Waals surface area (Å²) in [5.41, 5.74) is 0.832. The first-order valence-corrected chi connectivity index (χ1v) is 5.11. The maximum absolute atomic E-state index is 11.1. The van der Waals surface area contributed by atoms with Gasteiger partial charge < -0.3 is 5.32 Å². The average molecular weight is 183 g/mol. The number of allylic oxidation sites excluding steroid dienone is 1. The molecule has 0 saturated heterocycles. The Bertz CT molecular complexity index is 173. The first-order valence-electron chi connectivity index (χ1n) is 5.11. The van der Waals surface area contributed by atoms with Crippen LogP contribution in [0.25, 0.3) is 0 Å². The lowest BCUT2D eigenvalue weighted by Crippen LogP contribution is -2.18. The van der Waals surface area contributed by atoms with Crippen molar-refractivity contribution in [3.63, 3.8) is 0 Å². The van der Waals surface area contributed by atoms with E-state index in [4.69, 9.17) is 0 Å². The topological polar surface area (TPSA) is 29.1 Å². The van der Waals surface area contributed by atoms with Crippen molar-refractivity contribution in [3.8, 4) is 0 Å². The first kappa shape index (κ1) is 12.2. The molecule has 0 aliphatic carbocycles. The SMILES string of the molecule is CCCCCCC=C(C)C(=O)NC. The Morgan fingerprint density at radius 3 is 2.54 bits per heavy atom. The monoisotopic (exact) mass is 183 g/mol. The van der Waals surface area contributed by atoms with Crippen LogP contribution in [0.15, 0.2) is 11.6 Å². The van der Waals surface area contributed by atoms with Gasteiger partial charge in [0.1, 0.15) is 0 Å². The summed E-state index contributed by atoms with van der Waals surface area (Å²) in [7, 11) is 1.66. The molecule has 0 radical (unpaired) electrons. The molecule has 0 heterocycles. The Balaban J connectivity index is 3.53. The molecule has 0 rings (SSSR count). The number of amides is 1. The lowest BCUT2D eigenvalue weighted by atomic mass is 10.1. The van der Waals surface area contributed by atoms with Crippen LogP contribution in [0.4, 0.5) is 0 Å². The molecule has 76 valence electrons. The van der Waals surface area contributed by atoms with Crippen LogP contribution < -0.4 is 5.32 Å². The molecule has 0 aliphatic rings. The molecule has 1 N–H and O–H groups in total. The maximum atomic E-state index is 11.1. The summed E-state index contributed by atoms with van der Waals surface area (Å²) in [6.07, 6.45) is 8.08. The number of rotatable bonds is 6. The van der Waals surface area contributed by atoms with Gasteiger partial charge in [0.2, 0.25) is 5.91 Å². The molecular formula is C11H21NO. The Hall–Kier alpha value is -0.790. The largest absolute Gasteiger partial charge is 0.355 e. The highest BCUT2D eigenvalue weighted by molar-refractivity contribution is 5.92. The highest BCUT2D eigenvalue weighted by Gasteiger charge is 1.98. The zero-order valence-electron chi connectivity index (χ0n) is 9.02. The Labute approximate surface area is 81.4 Å². The lowest BCUT2D eigenvalue weighted by Gasteiger charge is -1.99. The lowest BCUT2D eigenvalue weighted by molar-refractivity contribution is -0.117. The van der Waals surface area contributed by atoms with Crippen molar-refractivity contribution >= 4 is 5.91 Å². The minimum atomic E-state index is 0.0375. The number of likely N-dealkylation sites (N-methyl/N-ethyl adjacent to an activating group) is 1. The van der Waals surface area contributed by atoms with E-state index in [1.165, 1.54) is 25.7 Å². The summed E-state index contributed by atoms with van der Waals surface area (Å²) >= 11 is 0. The van der Waals surface area contributed by atoms with E-state index in [-0.39, 0.29) is 5.91 Å². The summed E-state index contributed by atoms with van der Waals surface area (Å²) in [4.78, 5) is 11.1. The van der Waals surface area contributed by atoms with E-state index in [0.717, 1.165) is 12.0 Å². The van der Waals surface area contributed by atoms with Crippen LogP contribution in [-0.4, -0.2) is 13.0 Å². The molecule has 2 heteroatoms. The summed E-state index contributed by atoms with van der Waals surface area (Å²) < 4.78 is 0. The highest BCUT2D eigenvalue weighted by Crippen LogP contribution is 2.05. The van der Waals surface area contributed by atoms with Crippen LogP contribution in [0.1, 0.15) is 46.0 Å². The fourth-order valence-electron chi connectivity index (χ4n) is 1.18. The van der Waals surface area contributed by atoms with Gasteiger partial charge in [0.25, 0.3) is 0 Å². The molecule has 0 spiro atoms. The molecule has 1 amide bonds. The number of carbonyl (C=O) groups excluding carboxylic acids is 1. The standard InChI is InChI=1S/C11H21NO/c1-4-5-6-7-8-9-10(2)11(13)12-3/h9H,4-8H2,1-3H3,(H,12,13). The predicted octanol–water partition coefficient (Wildman–Crippen LogP) is 2.65. The van der Waals surface area contributed by atoms with E-state index in [0.29, 0.717) is 0 Å². The zero-order chi connectivity index (χ0) is 10.1. The first-order chi connectivity index (χ1) is 6.22.